The number of amides is 1. The highest BCUT2D eigenvalue weighted by atomic mass is 16.5. The van der Waals surface area contributed by atoms with Gasteiger partial charge in [0, 0.05) is 13.2 Å². The molecule has 1 aliphatic heterocycles. The SMILES string of the molecule is O=C(NCc1ccc(CO)cc1)C1CCCOC1. The minimum absolute atomic E-state index is 0.00420. The van der Waals surface area contributed by atoms with Gasteiger partial charge in [-0.15, -0.1) is 0 Å². The molecule has 1 unspecified atom stereocenters. The monoisotopic (exact) mass is 249 g/mol. The van der Waals surface area contributed by atoms with Gasteiger partial charge in [-0.3, -0.25) is 4.79 Å². The van der Waals surface area contributed by atoms with Crippen LogP contribution in [0.15, 0.2) is 24.3 Å². The number of carbonyl (C=O) groups is 1. The molecule has 4 heteroatoms. The summed E-state index contributed by atoms with van der Waals surface area (Å²) in [6.45, 7) is 1.88. The normalized spacial score (nSPS) is 19.5. The minimum atomic E-state index is -0.00420. The summed E-state index contributed by atoms with van der Waals surface area (Å²) in [5, 5.41) is 11.9. The summed E-state index contributed by atoms with van der Waals surface area (Å²) in [7, 11) is 0. The standard InChI is InChI=1S/C14H19NO3/c16-9-12-5-3-11(4-6-12)8-15-14(17)13-2-1-7-18-10-13/h3-6,13,16H,1-2,7-10H2,(H,15,17). The van der Waals surface area contributed by atoms with Crippen LogP contribution in [0.25, 0.3) is 0 Å². The number of carbonyl (C=O) groups excluding carboxylic acids is 1. The van der Waals surface area contributed by atoms with Crippen LogP contribution >= 0.6 is 0 Å². The highest BCUT2D eigenvalue weighted by Crippen LogP contribution is 2.13. The molecule has 2 N–H and O–H groups in total. The van der Waals surface area contributed by atoms with Crippen LogP contribution in [-0.4, -0.2) is 24.2 Å². The summed E-state index contributed by atoms with van der Waals surface area (Å²) < 4.78 is 5.30. The zero-order valence-electron chi connectivity index (χ0n) is 10.4. The fraction of sp³-hybridized carbons (Fsp3) is 0.500. The highest BCUT2D eigenvalue weighted by Gasteiger charge is 2.21. The highest BCUT2D eigenvalue weighted by molar-refractivity contribution is 5.78. The summed E-state index contributed by atoms with van der Waals surface area (Å²) >= 11 is 0. The maximum absolute atomic E-state index is 11.9. The Kier molecular flexibility index (Phi) is 4.73. The minimum Gasteiger partial charge on any atom is -0.392 e. The van der Waals surface area contributed by atoms with E-state index in [9.17, 15) is 4.79 Å². The van der Waals surface area contributed by atoms with E-state index in [4.69, 9.17) is 9.84 Å². The largest absolute Gasteiger partial charge is 0.392 e. The van der Waals surface area contributed by atoms with Crippen molar-refractivity contribution in [2.75, 3.05) is 13.2 Å². The molecule has 1 aromatic rings. The van der Waals surface area contributed by atoms with Crippen molar-refractivity contribution in [3.05, 3.63) is 35.4 Å². The lowest BCUT2D eigenvalue weighted by atomic mass is 10.0. The van der Waals surface area contributed by atoms with Crippen LogP contribution in [0.5, 0.6) is 0 Å². The van der Waals surface area contributed by atoms with Gasteiger partial charge in [0.2, 0.25) is 5.91 Å². The number of hydrogen-bond donors (Lipinski definition) is 2. The molecule has 1 amide bonds. The summed E-state index contributed by atoms with van der Waals surface area (Å²) in [6.07, 6.45) is 1.87. The van der Waals surface area contributed by atoms with E-state index in [1.165, 1.54) is 0 Å². The molecule has 2 rings (SSSR count). The lowest BCUT2D eigenvalue weighted by Crippen LogP contribution is -2.35. The Morgan fingerprint density at radius 1 is 1.33 bits per heavy atom. The third kappa shape index (κ3) is 3.55. The summed E-state index contributed by atoms with van der Waals surface area (Å²) in [5.41, 5.74) is 1.92. The fourth-order valence-electron chi connectivity index (χ4n) is 2.04. The Labute approximate surface area is 107 Å². The lowest BCUT2D eigenvalue weighted by molar-refractivity contribution is -0.129. The maximum Gasteiger partial charge on any atom is 0.225 e. The molecule has 1 atom stereocenters. The van der Waals surface area contributed by atoms with E-state index in [1.807, 2.05) is 24.3 Å². The molecule has 1 fully saturated rings. The second-order valence-electron chi connectivity index (χ2n) is 4.61. The molecule has 0 radical (unpaired) electrons. The van der Waals surface area contributed by atoms with Gasteiger partial charge in [0.1, 0.15) is 0 Å². The first-order valence-electron chi connectivity index (χ1n) is 6.33. The molecule has 4 nitrogen and oxygen atoms in total. The van der Waals surface area contributed by atoms with Crippen LogP contribution in [0.3, 0.4) is 0 Å². The van der Waals surface area contributed by atoms with Gasteiger partial charge < -0.3 is 15.2 Å². The van der Waals surface area contributed by atoms with E-state index in [-0.39, 0.29) is 18.4 Å². The third-order valence-corrected chi connectivity index (χ3v) is 3.20. The molecule has 1 aliphatic rings. The van der Waals surface area contributed by atoms with E-state index < -0.39 is 0 Å². The molecule has 0 saturated carbocycles. The second-order valence-corrected chi connectivity index (χ2v) is 4.61. The van der Waals surface area contributed by atoms with Crippen molar-refractivity contribution < 1.29 is 14.6 Å². The van der Waals surface area contributed by atoms with Crippen molar-refractivity contribution in [2.45, 2.75) is 26.0 Å². The van der Waals surface area contributed by atoms with Crippen molar-refractivity contribution in [1.82, 2.24) is 5.32 Å². The van der Waals surface area contributed by atoms with E-state index in [0.717, 1.165) is 30.6 Å². The fourth-order valence-corrected chi connectivity index (χ4v) is 2.04. The van der Waals surface area contributed by atoms with Crippen LogP contribution in [0.1, 0.15) is 24.0 Å². The average molecular weight is 249 g/mol. The molecule has 1 saturated heterocycles. The number of benzene rings is 1. The lowest BCUT2D eigenvalue weighted by Gasteiger charge is -2.21. The quantitative estimate of drug-likeness (QED) is 0.843. The predicted octanol–water partition coefficient (Wildman–Crippen LogP) is 1.22. The van der Waals surface area contributed by atoms with E-state index in [1.54, 1.807) is 0 Å². The molecule has 1 heterocycles. The van der Waals surface area contributed by atoms with Crippen molar-refractivity contribution in [1.29, 1.82) is 0 Å². The van der Waals surface area contributed by atoms with Crippen molar-refractivity contribution in [3.8, 4) is 0 Å². The van der Waals surface area contributed by atoms with Crippen molar-refractivity contribution in [3.63, 3.8) is 0 Å². The van der Waals surface area contributed by atoms with Gasteiger partial charge in [0.25, 0.3) is 0 Å². The molecule has 0 spiro atoms. The number of ether oxygens (including phenoxy) is 1. The number of hydrogen-bond acceptors (Lipinski definition) is 3. The first-order valence-corrected chi connectivity index (χ1v) is 6.33. The van der Waals surface area contributed by atoms with Crippen molar-refractivity contribution in [2.24, 2.45) is 5.92 Å². The van der Waals surface area contributed by atoms with Crippen LogP contribution < -0.4 is 5.32 Å². The van der Waals surface area contributed by atoms with E-state index in [0.29, 0.717) is 13.2 Å². The van der Waals surface area contributed by atoms with Gasteiger partial charge in [-0.05, 0) is 24.0 Å². The van der Waals surface area contributed by atoms with E-state index in [2.05, 4.69) is 5.32 Å². The molecule has 18 heavy (non-hydrogen) atoms. The molecule has 1 aromatic carbocycles. The van der Waals surface area contributed by atoms with Crippen LogP contribution in [0, 0.1) is 5.92 Å². The molecule has 0 bridgehead atoms. The van der Waals surface area contributed by atoms with Crippen molar-refractivity contribution >= 4 is 5.91 Å². The topological polar surface area (TPSA) is 58.6 Å². The van der Waals surface area contributed by atoms with Gasteiger partial charge >= 0.3 is 0 Å². The van der Waals surface area contributed by atoms with E-state index >= 15 is 0 Å². The first kappa shape index (κ1) is 13.1. The Morgan fingerprint density at radius 2 is 2.06 bits per heavy atom. The number of aliphatic hydroxyl groups is 1. The maximum atomic E-state index is 11.9. The zero-order chi connectivity index (χ0) is 12.8. The van der Waals surface area contributed by atoms with Crippen LogP contribution in [0.4, 0.5) is 0 Å². The molecular weight excluding hydrogens is 230 g/mol. The van der Waals surface area contributed by atoms with Gasteiger partial charge in [-0.1, -0.05) is 24.3 Å². The molecule has 0 aliphatic carbocycles. The van der Waals surface area contributed by atoms with Gasteiger partial charge in [-0.25, -0.2) is 0 Å². The molecule has 0 aromatic heterocycles. The first-order chi connectivity index (χ1) is 8.79. The second kappa shape index (κ2) is 6.52. The Balaban J connectivity index is 1.80. The zero-order valence-corrected chi connectivity index (χ0v) is 10.4. The predicted molar refractivity (Wildman–Crippen MR) is 67.8 cm³/mol. The Morgan fingerprint density at radius 3 is 2.67 bits per heavy atom. The molecular formula is C14H19NO3. The third-order valence-electron chi connectivity index (χ3n) is 3.20. The number of aliphatic hydroxyl groups excluding tert-OH is 1. The van der Waals surface area contributed by atoms with Gasteiger partial charge in [-0.2, -0.15) is 0 Å². The average Bonchev–Trinajstić information content (AvgIpc) is 2.46. The number of rotatable bonds is 4. The van der Waals surface area contributed by atoms with Gasteiger partial charge in [0.15, 0.2) is 0 Å². The smallest absolute Gasteiger partial charge is 0.225 e. The Bertz CT molecular complexity index is 383. The van der Waals surface area contributed by atoms with Crippen LogP contribution in [-0.2, 0) is 22.7 Å². The summed E-state index contributed by atoms with van der Waals surface area (Å²) in [4.78, 5) is 11.9. The van der Waals surface area contributed by atoms with Gasteiger partial charge in [0.05, 0.1) is 19.1 Å². The van der Waals surface area contributed by atoms with Crippen LogP contribution in [0.2, 0.25) is 0 Å². The number of nitrogens with one attached hydrogen (secondary N) is 1. The molecule has 98 valence electrons. The Hall–Kier alpha value is -1.39. The summed E-state index contributed by atoms with van der Waals surface area (Å²) in [5.74, 6) is 0.0661. The summed E-state index contributed by atoms with van der Waals surface area (Å²) in [6, 6.07) is 7.57.